The van der Waals surface area contributed by atoms with Gasteiger partial charge >= 0.3 is 0 Å². The third-order valence-electron chi connectivity index (χ3n) is 7.06. The second kappa shape index (κ2) is 23.9. The smallest absolute Gasteiger partial charge is 0.224 e. The van der Waals surface area contributed by atoms with Gasteiger partial charge in [0, 0.05) is 71.2 Å². The minimum Gasteiger partial charge on any atom is -0.398 e. The van der Waals surface area contributed by atoms with Crippen molar-refractivity contribution in [3.8, 4) is 22.5 Å². The first kappa shape index (κ1) is 49.8. The molecule has 0 saturated carbocycles. The molecule has 0 saturated heterocycles. The molecule has 0 fully saturated rings. The first-order valence-electron chi connectivity index (χ1n) is 16.5. The number of nitrogens with zero attached hydrogens (tertiary/aromatic N) is 8. The van der Waals surface area contributed by atoms with Gasteiger partial charge in [0.2, 0.25) is 10.6 Å². The monoisotopic (exact) mass is 1000 g/mol. The maximum absolute atomic E-state index is 12.8. The zero-order valence-electron chi connectivity index (χ0n) is 30.9. The van der Waals surface area contributed by atoms with Crippen molar-refractivity contribution in [2.45, 2.75) is 27.2 Å². The lowest BCUT2D eigenvalue weighted by Crippen LogP contribution is -2.11. The highest BCUT2D eigenvalue weighted by Crippen LogP contribution is 2.40. The quantitative estimate of drug-likeness (QED) is 0.0565. The predicted molar refractivity (Wildman–Crippen MR) is 244 cm³/mol. The van der Waals surface area contributed by atoms with Crippen LogP contribution in [0.25, 0.3) is 22.5 Å². The molecule has 0 spiro atoms. The summed E-state index contributed by atoms with van der Waals surface area (Å²) in [6.07, 6.45) is 14.9. The Morgan fingerprint density at radius 2 is 1.23 bits per heavy atom. The normalized spacial score (nSPS) is 10.6. The Balaban J connectivity index is 0.000000301. The molecule has 0 unspecified atom stereocenters. The Morgan fingerprint density at radius 3 is 1.67 bits per heavy atom. The summed E-state index contributed by atoms with van der Waals surface area (Å²) >= 11 is 23.3. The molecule has 20 heteroatoms. The molecule has 57 heavy (non-hydrogen) atoms. The molecule has 0 amide bonds. The first-order chi connectivity index (χ1) is 26.4. The van der Waals surface area contributed by atoms with Gasteiger partial charge in [0.05, 0.1) is 38.4 Å². The van der Waals surface area contributed by atoms with Crippen LogP contribution in [0.5, 0.6) is 0 Å². The number of aliphatic hydroxyl groups excluding tert-OH is 1. The highest BCUT2D eigenvalue weighted by atomic mass is 79.9. The Hall–Kier alpha value is -3.39. The number of nitrogen functional groups attached to an aromatic ring is 1. The molecule has 0 aliphatic rings. The van der Waals surface area contributed by atoms with Gasteiger partial charge in [-0.2, -0.15) is 4.98 Å². The SMILES string of the molecule is C.CCCCO.CP(C)(=O)c1cc(-c2cnccn2)ccc1N.CP(C)(=O)c1cc(-c2cnccn2)ccc1Nc1nc(Cl)ncc1Br.Clc1ncc(Br)c(Cl)n1. The number of unbranched alkanes of at least 4 members (excludes halogenated alkanes) is 1. The molecule has 0 radical (unpaired) electrons. The third-order valence-corrected chi connectivity index (χ3v) is 12.2. The van der Waals surface area contributed by atoms with Crippen molar-refractivity contribution in [2.24, 2.45) is 0 Å². The van der Waals surface area contributed by atoms with Gasteiger partial charge in [-0.05, 0) is 112 Å². The molecule has 0 atom stereocenters. The summed E-state index contributed by atoms with van der Waals surface area (Å²) in [7, 11) is -4.95. The molecule has 0 bridgehead atoms. The molecule has 6 rings (SSSR count). The van der Waals surface area contributed by atoms with Gasteiger partial charge in [-0.25, -0.2) is 15.0 Å². The van der Waals surface area contributed by atoms with Gasteiger partial charge in [0.1, 0.15) is 25.3 Å². The zero-order chi connectivity index (χ0) is 41.5. The Morgan fingerprint density at radius 1 is 0.719 bits per heavy atom. The van der Waals surface area contributed by atoms with Crippen LogP contribution in [0, 0.1) is 0 Å². The van der Waals surface area contributed by atoms with Crippen LogP contribution in [0.3, 0.4) is 0 Å². The summed E-state index contributed by atoms with van der Waals surface area (Å²) in [6.45, 7) is 9.25. The Kier molecular flexibility index (Phi) is 20.8. The van der Waals surface area contributed by atoms with E-state index in [2.05, 4.69) is 84.0 Å². The molecule has 13 nitrogen and oxygen atoms in total. The summed E-state index contributed by atoms with van der Waals surface area (Å²) in [4.78, 5) is 32.0. The molecular weight excluding hydrogens is 961 g/mol. The Bertz CT molecular complexity index is 2290. The van der Waals surface area contributed by atoms with Gasteiger partial charge < -0.3 is 25.3 Å². The average molecular weight is 1000 g/mol. The van der Waals surface area contributed by atoms with Crippen LogP contribution in [0.4, 0.5) is 17.2 Å². The van der Waals surface area contributed by atoms with E-state index in [1.165, 1.54) is 6.20 Å². The largest absolute Gasteiger partial charge is 0.398 e. The second-order valence-electron chi connectivity index (χ2n) is 12.2. The number of anilines is 3. The van der Waals surface area contributed by atoms with Crippen molar-refractivity contribution in [2.75, 3.05) is 44.3 Å². The van der Waals surface area contributed by atoms with E-state index in [1.807, 2.05) is 30.3 Å². The van der Waals surface area contributed by atoms with Crippen molar-refractivity contribution in [1.29, 1.82) is 0 Å². The van der Waals surface area contributed by atoms with Crippen LogP contribution < -0.4 is 21.7 Å². The van der Waals surface area contributed by atoms with E-state index < -0.39 is 14.3 Å². The minimum absolute atomic E-state index is 0. The maximum atomic E-state index is 12.8. The predicted octanol–water partition coefficient (Wildman–Crippen LogP) is 10.3. The maximum Gasteiger partial charge on any atom is 0.224 e. The fourth-order valence-corrected chi connectivity index (χ4v) is 7.58. The average Bonchev–Trinajstić information content (AvgIpc) is 3.16. The van der Waals surface area contributed by atoms with Gasteiger partial charge in [-0.3, -0.25) is 19.9 Å². The number of benzene rings is 2. The molecule has 6 aromatic rings. The van der Waals surface area contributed by atoms with Crippen LogP contribution in [-0.4, -0.2) is 78.2 Å². The fourth-order valence-electron chi connectivity index (χ4n) is 4.35. The molecule has 2 aromatic carbocycles. The lowest BCUT2D eigenvalue weighted by atomic mass is 10.1. The van der Waals surface area contributed by atoms with E-state index in [9.17, 15) is 9.13 Å². The number of aliphatic hydroxyl groups is 1. The zero-order valence-corrected chi connectivity index (χ0v) is 38.1. The molecule has 304 valence electrons. The van der Waals surface area contributed by atoms with Gasteiger partial charge in [-0.1, -0.05) is 44.5 Å². The number of nitrogens with two attached hydrogens (primary N) is 1. The molecule has 4 aromatic heterocycles. The van der Waals surface area contributed by atoms with Crippen LogP contribution in [0.15, 0.2) is 94.9 Å². The van der Waals surface area contributed by atoms with Crippen molar-refractivity contribution in [3.63, 3.8) is 0 Å². The number of hydrogen-bond donors (Lipinski definition) is 3. The molecule has 4 heterocycles. The van der Waals surface area contributed by atoms with Crippen molar-refractivity contribution in [3.05, 3.63) is 111 Å². The third kappa shape index (κ3) is 16.4. The van der Waals surface area contributed by atoms with Crippen LogP contribution >= 0.6 is 80.9 Å². The molecule has 4 N–H and O–H groups in total. The van der Waals surface area contributed by atoms with Gasteiger partial charge in [-0.15, -0.1) is 0 Å². The summed E-state index contributed by atoms with van der Waals surface area (Å²) in [5.41, 5.74) is 10.3. The fraction of sp³-hybridized carbons (Fsp3) is 0.243. The van der Waals surface area contributed by atoms with E-state index in [1.54, 1.807) is 76.1 Å². The summed E-state index contributed by atoms with van der Waals surface area (Å²) in [6, 6.07) is 11.1. The first-order valence-corrected chi connectivity index (χ1v) is 24.4. The summed E-state index contributed by atoms with van der Waals surface area (Å²) < 4.78 is 26.2. The lowest BCUT2D eigenvalue weighted by Gasteiger charge is -2.17. The van der Waals surface area contributed by atoms with Crippen LogP contribution in [-0.2, 0) is 9.13 Å². The Labute approximate surface area is 365 Å². The standard InChI is InChI=1S/C16H14BrClN5OP.C12H14N3OP.C4HBrCl2N2.C4H10O.CH4/c1-25(2,24)14-7-10(13-9-19-5-6-20-13)3-4-12(14)22-15-11(17)8-21-16(18)23-15;1-17(2,16)12-7-9(3-4-10(12)13)11-8-14-5-6-15-11;5-2-1-8-4(7)9-3(2)6;1-2-3-4-5;/h3-9H,1-2H3,(H,21,22,23);3-8H,13H2,1-2H3;1H;5H,2-4H2,1H3;1H4. The van der Waals surface area contributed by atoms with E-state index in [-0.39, 0.29) is 18.0 Å². The van der Waals surface area contributed by atoms with Crippen LogP contribution in [0.2, 0.25) is 15.7 Å². The van der Waals surface area contributed by atoms with Crippen molar-refractivity contribution < 1.29 is 14.2 Å². The number of halogens is 5. The van der Waals surface area contributed by atoms with E-state index in [4.69, 9.17) is 45.6 Å². The van der Waals surface area contributed by atoms with Crippen molar-refractivity contribution >= 4 is 109 Å². The summed E-state index contributed by atoms with van der Waals surface area (Å²) in [5, 5.41) is 13.2. The lowest BCUT2D eigenvalue weighted by molar-refractivity contribution is 0.287. The second-order valence-corrected chi connectivity index (χ2v) is 21.3. The minimum atomic E-state index is -2.57. The van der Waals surface area contributed by atoms with Crippen molar-refractivity contribution in [1.82, 2.24) is 39.9 Å². The van der Waals surface area contributed by atoms with Gasteiger partial charge in [0.25, 0.3) is 0 Å². The number of rotatable bonds is 8. The van der Waals surface area contributed by atoms with E-state index in [0.29, 0.717) is 48.5 Å². The highest BCUT2D eigenvalue weighted by molar-refractivity contribution is 9.11. The number of aromatic nitrogens is 8. The summed E-state index contributed by atoms with van der Waals surface area (Å²) in [5.74, 6) is 0.502. The van der Waals surface area contributed by atoms with Gasteiger partial charge in [0.15, 0.2) is 0 Å². The van der Waals surface area contributed by atoms with Crippen LogP contribution in [0.1, 0.15) is 27.2 Å². The van der Waals surface area contributed by atoms with E-state index >= 15 is 0 Å². The molecule has 0 aliphatic heterocycles. The van der Waals surface area contributed by atoms with E-state index in [0.717, 1.165) is 35.4 Å². The highest BCUT2D eigenvalue weighted by Gasteiger charge is 2.19. The number of hydrogen-bond acceptors (Lipinski definition) is 13. The molecular formula is C37H43Br2Cl3N10O3P2. The topological polar surface area (TPSA) is 196 Å². The molecule has 0 aliphatic carbocycles. The number of nitrogens with one attached hydrogen (secondary N) is 1.